The third-order valence-corrected chi connectivity index (χ3v) is 4.03. The molecule has 0 fully saturated rings. The van der Waals surface area contributed by atoms with Crippen LogP contribution in [-0.4, -0.2) is 32.6 Å². The van der Waals surface area contributed by atoms with Crippen LogP contribution in [-0.2, 0) is 13.0 Å². The van der Waals surface area contributed by atoms with E-state index in [0.29, 0.717) is 13.0 Å². The molecular weight excluding hydrogens is 306 g/mol. The lowest BCUT2D eigenvalue weighted by molar-refractivity contribution is 0.0513. The van der Waals surface area contributed by atoms with E-state index >= 15 is 0 Å². The number of hydrogen-bond donors (Lipinski definition) is 2. The fraction of sp³-hybridized carbons (Fsp3) is 0.786. The van der Waals surface area contributed by atoms with Crippen LogP contribution in [0.4, 0.5) is 0 Å². The van der Waals surface area contributed by atoms with E-state index in [0.717, 1.165) is 22.4 Å². The monoisotopic (exact) mass is 331 g/mol. The number of aliphatic hydroxyl groups is 1. The van der Waals surface area contributed by atoms with Gasteiger partial charge in [0, 0.05) is 25.0 Å². The third-order valence-electron chi connectivity index (χ3n) is 3.00. The van der Waals surface area contributed by atoms with Gasteiger partial charge in [0.15, 0.2) is 0 Å². The maximum absolute atomic E-state index is 10.6. The SMILES string of the molecule is CCn1nc(C)c(Br)c1CC(C)(O)CNC(C)(C)C. The third kappa shape index (κ3) is 4.89. The van der Waals surface area contributed by atoms with Crippen molar-refractivity contribution in [3.05, 3.63) is 15.9 Å². The van der Waals surface area contributed by atoms with E-state index in [9.17, 15) is 5.11 Å². The van der Waals surface area contributed by atoms with Crippen LogP contribution in [0.15, 0.2) is 4.47 Å². The van der Waals surface area contributed by atoms with Crippen molar-refractivity contribution < 1.29 is 5.11 Å². The minimum absolute atomic E-state index is 0.00212. The highest BCUT2D eigenvalue weighted by Gasteiger charge is 2.27. The second-order valence-electron chi connectivity index (χ2n) is 6.44. The topological polar surface area (TPSA) is 50.1 Å². The second kappa shape index (κ2) is 5.94. The van der Waals surface area contributed by atoms with Crippen LogP contribution in [0.25, 0.3) is 0 Å². The van der Waals surface area contributed by atoms with Gasteiger partial charge in [-0.15, -0.1) is 0 Å². The Bertz CT molecular complexity index is 433. The summed E-state index contributed by atoms with van der Waals surface area (Å²) in [7, 11) is 0. The zero-order valence-corrected chi connectivity index (χ0v) is 14.4. The number of hydrogen-bond acceptors (Lipinski definition) is 3. The largest absolute Gasteiger partial charge is 0.388 e. The molecule has 0 aliphatic rings. The van der Waals surface area contributed by atoms with Crippen molar-refractivity contribution >= 4 is 15.9 Å². The van der Waals surface area contributed by atoms with Crippen LogP contribution in [0.3, 0.4) is 0 Å². The summed E-state index contributed by atoms with van der Waals surface area (Å²) < 4.78 is 2.95. The number of nitrogens with one attached hydrogen (secondary N) is 1. The van der Waals surface area contributed by atoms with Crippen LogP contribution in [0.5, 0.6) is 0 Å². The van der Waals surface area contributed by atoms with E-state index < -0.39 is 5.60 Å². The highest BCUT2D eigenvalue weighted by Crippen LogP contribution is 2.25. The second-order valence-corrected chi connectivity index (χ2v) is 7.23. The summed E-state index contributed by atoms with van der Waals surface area (Å²) in [6, 6.07) is 0. The zero-order chi connectivity index (χ0) is 14.8. The zero-order valence-electron chi connectivity index (χ0n) is 12.8. The number of nitrogens with zero attached hydrogens (tertiary/aromatic N) is 2. The highest BCUT2D eigenvalue weighted by molar-refractivity contribution is 9.10. The van der Waals surface area contributed by atoms with Crippen molar-refractivity contribution in [2.45, 2.75) is 65.6 Å². The molecule has 1 unspecified atom stereocenters. The first kappa shape index (κ1) is 16.7. The van der Waals surface area contributed by atoms with Crippen LogP contribution in [0.1, 0.15) is 46.0 Å². The Kier molecular flexibility index (Phi) is 5.21. The molecule has 0 saturated carbocycles. The molecule has 2 N–H and O–H groups in total. The van der Waals surface area contributed by atoms with Crippen molar-refractivity contribution in [3.63, 3.8) is 0 Å². The molecule has 19 heavy (non-hydrogen) atoms. The Labute approximate surface area is 124 Å². The molecule has 1 heterocycles. The molecule has 0 spiro atoms. The molecule has 4 nitrogen and oxygen atoms in total. The van der Waals surface area contributed by atoms with Crippen molar-refractivity contribution in [2.75, 3.05) is 6.54 Å². The molecule has 0 aromatic carbocycles. The number of β-amino-alcohol motifs (C(OH)–C–C–N with tert-alkyl or cyclic N) is 1. The van der Waals surface area contributed by atoms with E-state index in [4.69, 9.17) is 0 Å². The van der Waals surface area contributed by atoms with Gasteiger partial charge in [-0.1, -0.05) is 0 Å². The summed E-state index contributed by atoms with van der Waals surface area (Å²) in [5.41, 5.74) is 1.23. The molecule has 1 rings (SSSR count). The Morgan fingerprint density at radius 1 is 1.32 bits per heavy atom. The fourth-order valence-electron chi connectivity index (χ4n) is 1.92. The molecule has 0 radical (unpaired) electrons. The van der Waals surface area contributed by atoms with Gasteiger partial charge in [0.1, 0.15) is 0 Å². The van der Waals surface area contributed by atoms with Crippen LogP contribution in [0, 0.1) is 6.92 Å². The van der Waals surface area contributed by atoms with Gasteiger partial charge < -0.3 is 10.4 Å². The summed E-state index contributed by atoms with van der Waals surface area (Å²) in [5, 5.41) is 18.4. The van der Waals surface area contributed by atoms with E-state index in [1.807, 2.05) is 18.5 Å². The molecule has 1 atom stereocenters. The van der Waals surface area contributed by atoms with E-state index in [1.54, 1.807) is 0 Å². The smallest absolute Gasteiger partial charge is 0.0799 e. The maximum Gasteiger partial charge on any atom is 0.0799 e. The lowest BCUT2D eigenvalue weighted by atomic mass is 9.98. The van der Waals surface area contributed by atoms with Crippen LogP contribution in [0.2, 0.25) is 0 Å². The minimum atomic E-state index is -0.796. The van der Waals surface area contributed by atoms with Gasteiger partial charge in [0.2, 0.25) is 0 Å². The summed E-state index contributed by atoms with van der Waals surface area (Å²) in [6.45, 7) is 13.5. The summed E-state index contributed by atoms with van der Waals surface area (Å²) in [6.07, 6.45) is 0.575. The van der Waals surface area contributed by atoms with E-state index in [1.165, 1.54) is 0 Å². The molecule has 1 aromatic rings. The molecule has 5 heteroatoms. The number of aromatic nitrogens is 2. The predicted molar refractivity (Wildman–Crippen MR) is 82.4 cm³/mol. The first-order valence-electron chi connectivity index (χ1n) is 6.75. The fourth-order valence-corrected chi connectivity index (χ4v) is 2.34. The molecule has 0 bridgehead atoms. The summed E-state index contributed by atoms with van der Waals surface area (Å²) in [5.74, 6) is 0. The Hall–Kier alpha value is -0.390. The van der Waals surface area contributed by atoms with Gasteiger partial charge in [0.25, 0.3) is 0 Å². The lowest BCUT2D eigenvalue weighted by Gasteiger charge is -2.29. The molecular formula is C14H26BrN3O. The van der Waals surface area contributed by atoms with Crippen molar-refractivity contribution in [3.8, 4) is 0 Å². The number of aryl methyl sites for hydroxylation is 2. The predicted octanol–water partition coefficient (Wildman–Crippen LogP) is 2.66. The standard InChI is InChI=1S/C14H26BrN3O/c1-7-18-11(12(15)10(2)17-18)8-14(6,19)9-16-13(3,4)5/h16,19H,7-9H2,1-6H3. The Balaban J connectivity index is 2.83. The molecule has 110 valence electrons. The average Bonchev–Trinajstić information content (AvgIpc) is 2.53. The molecule has 0 saturated heterocycles. The Morgan fingerprint density at radius 2 is 1.89 bits per heavy atom. The normalized spacial score (nSPS) is 15.6. The van der Waals surface area contributed by atoms with E-state index in [2.05, 4.69) is 54.0 Å². The molecule has 0 aliphatic carbocycles. The summed E-state index contributed by atoms with van der Waals surface area (Å²) >= 11 is 3.57. The average molecular weight is 332 g/mol. The van der Waals surface area contributed by atoms with Crippen molar-refractivity contribution in [2.24, 2.45) is 0 Å². The maximum atomic E-state index is 10.6. The summed E-state index contributed by atoms with van der Waals surface area (Å²) in [4.78, 5) is 0. The van der Waals surface area contributed by atoms with E-state index in [-0.39, 0.29) is 5.54 Å². The number of halogens is 1. The van der Waals surface area contributed by atoms with Crippen molar-refractivity contribution in [1.29, 1.82) is 0 Å². The first-order valence-corrected chi connectivity index (χ1v) is 7.54. The van der Waals surface area contributed by atoms with Crippen molar-refractivity contribution in [1.82, 2.24) is 15.1 Å². The van der Waals surface area contributed by atoms with Gasteiger partial charge in [0.05, 0.1) is 21.5 Å². The molecule has 1 aromatic heterocycles. The first-order chi connectivity index (χ1) is 8.56. The Morgan fingerprint density at radius 3 is 2.37 bits per heavy atom. The van der Waals surface area contributed by atoms with Gasteiger partial charge in [-0.05, 0) is 57.5 Å². The quantitative estimate of drug-likeness (QED) is 0.872. The van der Waals surface area contributed by atoms with Gasteiger partial charge in [-0.3, -0.25) is 4.68 Å². The van der Waals surface area contributed by atoms with Crippen LogP contribution < -0.4 is 5.32 Å². The molecule has 0 aliphatic heterocycles. The van der Waals surface area contributed by atoms with Gasteiger partial charge in [-0.25, -0.2) is 0 Å². The highest BCUT2D eigenvalue weighted by atomic mass is 79.9. The number of rotatable bonds is 5. The van der Waals surface area contributed by atoms with Gasteiger partial charge >= 0.3 is 0 Å². The van der Waals surface area contributed by atoms with Crippen LogP contribution >= 0.6 is 15.9 Å². The molecule has 0 amide bonds. The lowest BCUT2D eigenvalue weighted by Crippen LogP contribution is -2.47. The van der Waals surface area contributed by atoms with Gasteiger partial charge in [-0.2, -0.15) is 5.10 Å². The minimum Gasteiger partial charge on any atom is -0.388 e.